The lowest BCUT2D eigenvalue weighted by atomic mass is 10.2. The molecule has 2 heterocycles. The van der Waals surface area contributed by atoms with Gasteiger partial charge in [0.1, 0.15) is 0 Å². The summed E-state index contributed by atoms with van der Waals surface area (Å²) in [5.74, 6) is -0.0562. The minimum atomic E-state index is -0.116. The molecule has 1 aromatic rings. The van der Waals surface area contributed by atoms with Crippen LogP contribution in [-0.4, -0.2) is 23.5 Å². The predicted octanol–water partition coefficient (Wildman–Crippen LogP) is 2.19. The van der Waals surface area contributed by atoms with Crippen molar-refractivity contribution in [2.75, 3.05) is 11.9 Å². The second-order valence-corrected chi connectivity index (χ2v) is 4.90. The molecule has 16 heavy (non-hydrogen) atoms. The van der Waals surface area contributed by atoms with Crippen molar-refractivity contribution in [2.24, 2.45) is 0 Å². The van der Waals surface area contributed by atoms with Gasteiger partial charge in [-0.3, -0.25) is 4.79 Å². The Hall–Kier alpha value is -0.650. The number of nitrogens with zero attached hydrogens (tertiary/aromatic N) is 1. The molecule has 4 nitrogen and oxygen atoms in total. The number of carbonyl (C=O) groups excluding carboxylic acids is 1. The normalized spacial score (nSPS) is 19.8. The van der Waals surface area contributed by atoms with Gasteiger partial charge < -0.3 is 10.6 Å². The van der Waals surface area contributed by atoms with Crippen molar-refractivity contribution in [1.82, 2.24) is 10.3 Å². The number of nitrogens with one attached hydrogen (secondary N) is 2. The van der Waals surface area contributed by atoms with Gasteiger partial charge in [-0.05, 0) is 41.4 Å². The highest BCUT2D eigenvalue weighted by atomic mass is 79.9. The van der Waals surface area contributed by atoms with E-state index >= 15 is 0 Å². The van der Waals surface area contributed by atoms with E-state index in [2.05, 4.69) is 31.5 Å². The number of hydrogen-bond donors (Lipinski definition) is 2. The lowest BCUT2D eigenvalue weighted by Gasteiger charge is -2.11. The van der Waals surface area contributed by atoms with Crippen LogP contribution in [0.4, 0.5) is 5.69 Å². The maximum Gasteiger partial charge on any atom is 0.241 e. The van der Waals surface area contributed by atoms with Gasteiger partial charge in [0, 0.05) is 10.7 Å². The fraction of sp³-hybridized carbons (Fsp3) is 0.400. The number of amides is 1. The Balaban J connectivity index is 2.07. The lowest BCUT2D eigenvalue weighted by molar-refractivity contribution is -0.117. The summed E-state index contributed by atoms with van der Waals surface area (Å²) < 4.78 is 0.784. The van der Waals surface area contributed by atoms with Crippen LogP contribution in [0, 0.1) is 0 Å². The molecule has 1 aliphatic heterocycles. The molecule has 0 aliphatic carbocycles. The van der Waals surface area contributed by atoms with E-state index in [-0.39, 0.29) is 11.9 Å². The highest BCUT2D eigenvalue weighted by Gasteiger charge is 2.22. The topological polar surface area (TPSA) is 54.0 Å². The summed E-state index contributed by atoms with van der Waals surface area (Å²) in [6, 6.07) is 1.62. The Labute approximate surface area is 107 Å². The summed E-state index contributed by atoms with van der Waals surface area (Å²) in [7, 11) is 0. The summed E-state index contributed by atoms with van der Waals surface area (Å²) in [6.45, 7) is 0.891. The van der Waals surface area contributed by atoms with Gasteiger partial charge in [0.25, 0.3) is 0 Å². The van der Waals surface area contributed by atoms with E-state index in [1.807, 2.05) is 0 Å². The molecule has 0 unspecified atom stereocenters. The molecule has 0 bridgehead atoms. The second kappa shape index (κ2) is 5.12. The van der Waals surface area contributed by atoms with Gasteiger partial charge in [0.05, 0.1) is 11.7 Å². The first-order valence-electron chi connectivity index (χ1n) is 5.02. The molecule has 2 N–H and O–H groups in total. The average Bonchev–Trinajstić information content (AvgIpc) is 2.76. The largest absolute Gasteiger partial charge is 0.322 e. The quantitative estimate of drug-likeness (QED) is 0.824. The molecule has 0 spiro atoms. The zero-order chi connectivity index (χ0) is 11.5. The summed E-state index contributed by atoms with van der Waals surface area (Å²) in [6.07, 6.45) is 3.49. The highest BCUT2D eigenvalue weighted by molar-refractivity contribution is 9.10. The number of anilines is 1. The number of pyridine rings is 1. The standard InChI is InChI=1S/C10H11BrClN3O/c11-6-4-8(9(12)14-5-6)15-10(16)7-2-1-3-13-7/h4-5,7,13H,1-3H2,(H,15,16)/t7-/m0/s1. The van der Waals surface area contributed by atoms with Gasteiger partial charge in [0.2, 0.25) is 5.91 Å². The van der Waals surface area contributed by atoms with Crippen LogP contribution in [0.2, 0.25) is 5.15 Å². The smallest absolute Gasteiger partial charge is 0.241 e. The first kappa shape index (κ1) is 11.8. The third-order valence-corrected chi connectivity index (χ3v) is 3.18. The molecule has 6 heteroatoms. The fourth-order valence-electron chi connectivity index (χ4n) is 1.64. The second-order valence-electron chi connectivity index (χ2n) is 3.63. The Morgan fingerprint density at radius 3 is 3.19 bits per heavy atom. The van der Waals surface area contributed by atoms with E-state index < -0.39 is 0 Å². The first-order valence-corrected chi connectivity index (χ1v) is 6.19. The summed E-state index contributed by atoms with van der Waals surface area (Å²) >= 11 is 9.16. The maximum absolute atomic E-state index is 11.8. The Kier molecular flexibility index (Phi) is 3.78. The third-order valence-electron chi connectivity index (χ3n) is 2.44. The molecule has 1 saturated heterocycles. The number of hydrogen-bond acceptors (Lipinski definition) is 3. The van der Waals surface area contributed by atoms with Gasteiger partial charge in [-0.1, -0.05) is 11.6 Å². The lowest BCUT2D eigenvalue weighted by Crippen LogP contribution is -2.35. The summed E-state index contributed by atoms with van der Waals surface area (Å²) in [4.78, 5) is 15.7. The molecule has 0 radical (unpaired) electrons. The van der Waals surface area contributed by atoms with Crippen molar-refractivity contribution in [3.63, 3.8) is 0 Å². The van der Waals surface area contributed by atoms with Crippen molar-refractivity contribution >= 4 is 39.1 Å². The maximum atomic E-state index is 11.8. The number of rotatable bonds is 2. The first-order chi connectivity index (χ1) is 7.66. The molecule has 1 atom stereocenters. The van der Waals surface area contributed by atoms with Gasteiger partial charge in [-0.2, -0.15) is 0 Å². The molecule has 1 aliphatic rings. The van der Waals surface area contributed by atoms with Crippen molar-refractivity contribution in [1.29, 1.82) is 0 Å². The van der Waals surface area contributed by atoms with E-state index in [1.165, 1.54) is 0 Å². The van der Waals surface area contributed by atoms with Crippen molar-refractivity contribution in [2.45, 2.75) is 18.9 Å². The van der Waals surface area contributed by atoms with Crippen LogP contribution in [0.3, 0.4) is 0 Å². The zero-order valence-corrected chi connectivity index (χ0v) is 10.8. The van der Waals surface area contributed by atoms with Crippen LogP contribution in [-0.2, 0) is 4.79 Å². The van der Waals surface area contributed by atoms with Gasteiger partial charge in [-0.15, -0.1) is 0 Å². The number of halogens is 2. The van der Waals surface area contributed by atoms with Crippen molar-refractivity contribution in [3.8, 4) is 0 Å². The van der Waals surface area contributed by atoms with E-state index in [9.17, 15) is 4.79 Å². The van der Waals surface area contributed by atoms with E-state index in [0.717, 1.165) is 23.9 Å². The molecule has 1 fully saturated rings. The summed E-state index contributed by atoms with van der Waals surface area (Å²) in [5, 5.41) is 6.19. The van der Waals surface area contributed by atoms with Crippen LogP contribution in [0.5, 0.6) is 0 Å². The Morgan fingerprint density at radius 1 is 1.69 bits per heavy atom. The summed E-state index contributed by atoms with van der Waals surface area (Å²) in [5.41, 5.74) is 0.537. The number of carbonyl (C=O) groups is 1. The van der Waals surface area contributed by atoms with E-state index in [1.54, 1.807) is 12.3 Å². The molecule has 2 rings (SSSR count). The van der Waals surface area contributed by atoms with Gasteiger partial charge in [0.15, 0.2) is 5.15 Å². The minimum absolute atomic E-state index is 0.0562. The highest BCUT2D eigenvalue weighted by Crippen LogP contribution is 2.23. The van der Waals surface area contributed by atoms with Crippen LogP contribution >= 0.6 is 27.5 Å². The Bertz CT molecular complexity index is 407. The molecule has 0 aromatic carbocycles. The number of aromatic nitrogens is 1. The Morgan fingerprint density at radius 2 is 2.50 bits per heavy atom. The molecule has 86 valence electrons. The molecule has 1 aromatic heterocycles. The predicted molar refractivity (Wildman–Crippen MR) is 66.6 cm³/mol. The van der Waals surface area contributed by atoms with Crippen molar-refractivity contribution in [3.05, 3.63) is 21.9 Å². The van der Waals surface area contributed by atoms with Crippen LogP contribution in [0.15, 0.2) is 16.7 Å². The zero-order valence-electron chi connectivity index (χ0n) is 8.46. The fourth-order valence-corrected chi connectivity index (χ4v) is 2.12. The van der Waals surface area contributed by atoms with Crippen LogP contribution < -0.4 is 10.6 Å². The average molecular weight is 305 g/mol. The third kappa shape index (κ3) is 2.72. The molecular formula is C10H11BrClN3O. The minimum Gasteiger partial charge on any atom is -0.322 e. The molecular weight excluding hydrogens is 293 g/mol. The monoisotopic (exact) mass is 303 g/mol. The van der Waals surface area contributed by atoms with Crippen LogP contribution in [0.25, 0.3) is 0 Å². The SMILES string of the molecule is O=C(Nc1cc(Br)cnc1Cl)[C@@H]1CCCN1. The van der Waals surface area contributed by atoms with Gasteiger partial charge >= 0.3 is 0 Å². The molecule has 1 amide bonds. The van der Waals surface area contributed by atoms with E-state index in [0.29, 0.717) is 10.8 Å². The molecule has 0 saturated carbocycles. The van der Waals surface area contributed by atoms with Crippen LogP contribution in [0.1, 0.15) is 12.8 Å². The van der Waals surface area contributed by atoms with Crippen molar-refractivity contribution < 1.29 is 4.79 Å². The van der Waals surface area contributed by atoms with E-state index in [4.69, 9.17) is 11.6 Å². The van der Waals surface area contributed by atoms with Gasteiger partial charge in [-0.25, -0.2) is 4.98 Å².